The number of carboxylic acid groups (broad SMARTS) is 4. The fourth-order valence-electron chi connectivity index (χ4n) is 7.00. The SMILES string of the molecule is O=C(O)c1ccc2c(c1)-c1cc3nc(cc4[nH]c(cc5[nH]c(cc-2n1)c1cc(C(=O)O)ccc51)c1cc(C(=O)O)ccc41)-c1cc(C(=O)O)ccc1-3. The largest absolute Gasteiger partial charge is 0.478 e. The number of carboxylic acids is 4. The Bertz CT molecular complexity index is 2990. The Morgan fingerprint density at radius 1 is 0.365 bits per heavy atom. The molecular formula is C40H22N4O8. The van der Waals surface area contributed by atoms with Crippen molar-refractivity contribution >= 4 is 67.5 Å². The predicted octanol–water partition coefficient (Wildman–Crippen LogP) is 8.08. The van der Waals surface area contributed by atoms with Gasteiger partial charge in [-0.3, -0.25) is 0 Å². The van der Waals surface area contributed by atoms with Gasteiger partial charge in [0.2, 0.25) is 0 Å². The van der Waals surface area contributed by atoms with Gasteiger partial charge in [-0.15, -0.1) is 0 Å². The lowest BCUT2D eigenvalue weighted by Crippen LogP contribution is -1.96. The fourth-order valence-corrected chi connectivity index (χ4v) is 7.00. The summed E-state index contributed by atoms with van der Waals surface area (Å²) in [5.74, 6) is -4.43. The maximum absolute atomic E-state index is 12.0. The Labute approximate surface area is 290 Å². The minimum atomic E-state index is -1.11. The number of aromatic amines is 2. The molecule has 0 spiro atoms. The molecule has 0 unspecified atom stereocenters. The van der Waals surface area contributed by atoms with E-state index in [-0.39, 0.29) is 22.3 Å². The Morgan fingerprint density at radius 3 is 1.19 bits per heavy atom. The van der Waals surface area contributed by atoms with Gasteiger partial charge < -0.3 is 30.4 Å². The third-order valence-corrected chi connectivity index (χ3v) is 9.48. The highest BCUT2D eigenvalue weighted by molar-refractivity contribution is 6.14. The molecule has 0 amide bonds. The molecule has 0 aliphatic carbocycles. The number of H-pyrrole nitrogens is 2. The summed E-state index contributed by atoms with van der Waals surface area (Å²) in [7, 11) is 0. The zero-order chi connectivity index (χ0) is 36.0. The molecule has 0 saturated heterocycles. The molecule has 7 aromatic rings. The van der Waals surface area contributed by atoms with Crippen molar-refractivity contribution < 1.29 is 39.6 Å². The summed E-state index contributed by atoms with van der Waals surface area (Å²) < 4.78 is 0. The molecule has 0 radical (unpaired) electrons. The summed E-state index contributed by atoms with van der Waals surface area (Å²) in [6, 6.07) is 26.0. The van der Waals surface area contributed by atoms with Gasteiger partial charge in [0.25, 0.3) is 0 Å². The number of hydrogen-bond donors (Lipinski definition) is 6. The van der Waals surface area contributed by atoms with Crippen molar-refractivity contribution in [2.45, 2.75) is 0 Å². The van der Waals surface area contributed by atoms with E-state index in [0.717, 1.165) is 0 Å². The number of nitrogens with zero attached hydrogens (tertiary/aromatic N) is 2. The summed E-state index contributed by atoms with van der Waals surface area (Å²) in [4.78, 5) is 64.8. The van der Waals surface area contributed by atoms with Gasteiger partial charge >= 0.3 is 23.9 Å². The number of carbonyl (C=O) groups is 4. The van der Waals surface area contributed by atoms with Crippen LogP contribution in [0.15, 0.2) is 97.1 Å². The smallest absolute Gasteiger partial charge is 0.335 e. The highest BCUT2D eigenvalue weighted by atomic mass is 16.4. The van der Waals surface area contributed by atoms with Crippen LogP contribution in [0.5, 0.6) is 0 Å². The number of rotatable bonds is 4. The minimum absolute atomic E-state index is 0.0565. The number of nitrogens with one attached hydrogen (secondary N) is 2. The summed E-state index contributed by atoms with van der Waals surface area (Å²) in [5, 5.41) is 41.9. The van der Waals surface area contributed by atoms with Gasteiger partial charge in [-0.25, -0.2) is 29.1 Å². The van der Waals surface area contributed by atoms with E-state index in [4.69, 9.17) is 9.97 Å². The molecule has 0 atom stereocenters. The van der Waals surface area contributed by atoms with Crippen LogP contribution in [0.3, 0.4) is 0 Å². The molecule has 2 aliphatic rings. The number of fused-ring (bicyclic) bond motifs is 20. The number of aromatic carboxylic acids is 4. The second kappa shape index (κ2) is 11.0. The number of hydrogen-bond acceptors (Lipinski definition) is 6. The van der Waals surface area contributed by atoms with Crippen molar-refractivity contribution in [3.05, 3.63) is 119 Å². The maximum atomic E-state index is 12.0. The Balaban J connectivity index is 1.48. The number of aromatic nitrogens is 4. The predicted molar refractivity (Wildman–Crippen MR) is 193 cm³/mol. The lowest BCUT2D eigenvalue weighted by atomic mass is 9.99. The van der Waals surface area contributed by atoms with Crippen LogP contribution in [0, 0.1) is 0 Å². The molecule has 12 nitrogen and oxygen atoms in total. The van der Waals surface area contributed by atoms with Crippen LogP contribution in [0.1, 0.15) is 41.4 Å². The lowest BCUT2D eigenvalue weighted by Gasteiger charge is -2.03. The summed E-state index contributed by atoms with van der Waals surface area (Å²) in [6.45, 7) is 0. The van der Waals surface area contributed by atoms with Gasteiger partial charge in [-0.1, -0.05) is 24.3 Å². The molecule has 5 heterocycles. The van der Waals surface area contributed by atoms with Gasteiger partial charge in [0.1, 0.15) is 0 Å². The van der Waals surface area contributed by atoms with Crippen molar-refractivity contribution in [1.82, 2.24) is 19.9 Å². The van der Waals surface area contributed by atoms with E-state index >= 15 is 0 Å². The molecule has 0 saturated carbocycles. The molecular weight excluding hydrogens is 664 g/mol. The van der Waals surface area contributed by atoms with E-state index in [0.29, 0.717) is 88.6 Å². The molecule has 52 heavy (non-hydrogen) atoms. The van der Waals surface area contributed by atoms with Crippen molar-refractivity contribution in [2.24, 2.45) is 0 Å². The maximum Gasteiger partial charge on any atom is 0.335 e. The summed E-state index contributed by atoms with van der Waals surface area (Å²) in [6.07, 6.45) is 0. The van der Waals surface area contributed by atoms with E-state index < -0.39 is 23.9 Å². The molecule has 12 heteroatoms. The third-order valence-electron chi connectivity index (χ3n) is 9.48. The monoisotopic (exact) mass is 686 g/mol. The van der Waals surface area contributed by atoms with Crippen LogP contribution in [-0.2, 0) is 0 Å². The molecule has 2 aliphatic heterocycles. The van der Waals surface area contributed by atoms with Gasteiger partial charge in [0.15, 0.2) is 0 Å². The average Bonchev–Trinajstić information content (AvgIpc) is 3.85. The quantitative estimate of drug-likeness (QED) is 0.105. The highest BCUT2D eigenvalue weighted by Gasteiger charge is 2.23. The van der Waals surface area contributed by atoms with Gasteiger partial charge in [-0.2, -0.15) is 0 Å². The summed E-state index contributed by atoms with van der Waals surface area (Å²) in [5.41, 5.74) is 6.72. The van der Waals surface area contributed by atoms with Crippen molar-refractivity contribution in [3.63, 3.8) is 0 Å². The lowest BCUT2D eigenvalue weighted by molar-refractivity contribution is 0.0686. The van der Waals surface area contributed by atoms with Crippen LogP contribution >= 0.6 is 0 Å². The first-order valence-corrected chi connectivity index (χ1v) is 15.9. The van der Waals surface area contributed by atoms with Gasteiger partial charge in [0, 0.05) is 65.9 Å². The molecule has 9 rings (SSSR count). The first kappa shape index (κ1) is 30.5. The molecule has 6 N–H and O–H groups in total. The molecule has 0 fully saturated rings. The van der Waals surface area contributed by atoms with E-state index in [1.807, 2.05) is 6.07 Å². The standard InChI is InChI=1S/C40H22N4O8/c45-37(46)17-1-5-21-25(9-17)33-14-30-23-7-3-19(39(49)50)11-27(23)35(43-30)16-32-24-8-4-20(40(51)52)12-28(24)36(44-32)15-31-22-6-2-18(38(47)48)10-26(22)34(42-31)13-29(21)41-33/h1-16,41-42H,(H,45,46)(H,47,48)(H,49,50)(H,51,52). The first-order valence-electron chi connectivity index (χ1n) is 15.9. The summed E-state index contributed by atoms with van der Waals surface area (Å²) >= 11 is 0. The van der Waals surface area contributed by atoms with Gasteiger partial charge in [0.05, 0.1) is 45.0 Å². The first-order chi connectivity index (χ1) is 25.0. The van der Waals surface area contributed by atoms with Crippen LogP contribution < -0.4 is 0 Å². The van der Waals surface area contributed by atoms with Crippen molar-refractivity contribution in [1.29, 1.82) is 0 Å². The van der Waals surface area contributed by atoms with E-state index in [2.05, 4.69) is 9.97 Å². The molecule has 8 bridgehead atoms. The minimum Gasteiger partial charge on any atom is -0.478 e. The Morgan fingerprint density at radius 2 is 0.712 bits per heavy atom. The topological polar surface area (TPSA) is 207 Å². The second-order valence-electron chi connectivity index (χ2n) is 12.5. The van der Waals surface area contributed by atoms with E-state index in [9.17, 15) is 39.6 Å². The molecule has 250 valence electrons. The zero-order valence-electron chi connectivity index (χ0n) is 26.6. The second-order valence-corrected chi connectivity index (χ2v) is 12.5. The molecule has 4 aromatic carbocycles. The highest BCUT2D eigenvalue weighted by Crippen LogP contribution is 2.42. The van der Waals surface area contributed by atoms with Gasteiger partial charge in [-0.05, 0) is 72.8 Å². The Kier molecular flexibility index (Phi) is 6.42. The van der Waals surface area contributed by atoms with Crippen LogP contribution in [0.4, 0.5) is 0 Å². The third kappa shape index (κ3) is 4.70. The van der Waals surface area contributed by atoms with Crippen molar-refractivity contribution in [3.8, 4) is 45.0 Å². The Hall–Kier alpha value is -7.60. The van der Waals surface area contributed by atoms with E-state index in [1.54, 1.807) is 60.7 Å². The number of benzene rings is 4. The normalized spacial score (nSPS) is 11.7. The fraction of sp³-hybridized carbons (Fsp3) is 0. The van der Waals surface area contributed by atoms with Crippen LogP contribution in [0.25, 0.3) is 88.6 Å². The van der Waals surface area contributed by atoms with Crippen molar-refractivity contribution in [2.75, 3.05) is 0 Å². The van der Waals surface area contributed by atoms with Crippen LogP contribution in [0.2, 0.25) is 0 Å². The molecule has 3 aromatic heterocycles. The van der Waals surface area contributed by atoms with Crippen LogP contribution in [-0.4, -0.2) is 64.2 Å². The zero-order valence-corrected chi connectivity index (χ0v) is 26.6. The average molecular weight is 687 g/mol. The van der Waals surface area contributed by atoms with E-state index in [1.165, 1.54) is 30.3 Å².